The second kappa shape index (κ2) is 13.7. The van der Waals surface area contributed by atoms with E-state index in [-0.39, 0.29) is 59.6 Å². The van der Waals surface area contributed by atoms with Crippen molar-refractivity contribution in [1.29, 1.82) is 5.26 Å². The molecule has 5 unspecified atom stereocenters. The van der Waals surface area contributed by atoms with Crippen LogP contribution < -0.4 is 5.32 Å². The molecule has 5 aromatic rings. The van der Waals surface area contributed by atoms with Crippen LogP contribution in [0, 0.1) is 35.9 Å². The number of likely N-dealkylation sites (tertiary alicyclic amines) is 1. The van der Waals surface area contributed by atoms with E-state index in [0.29, 0.717) is 68.1 Å². The standard InChI is InChI=1S/C41H36Cl4FN5O2/c1-20-26-16-34(33-15-24(18-50(33)41(52)21-10-11-21)53-19-28-29(42)7-3-8-30(28)43)51(39-23-14-32(39)48-17-23)40(26)27-13-22(5-4-12-47)35(37(46)38(27)49-20)25-6-2-9-31(44)36(25)45/h2-3,6-9,13,16,21,23-24,32-33,39,48H,4-5,10-11,14-15,17-19H2,1H3. The van der Waals surface area contributed by atoms with Crippen molar-refractivity contribution in [3.8, 4) is 17.2 Å². The minimum absolute atomic E-state index is 0.0198. The Morgan fingerprint density at radius 3 is 2.51 bits per heavy atom. The van der Waals surface area contributed by atoms with Gasteiger partial charge in [-0.15, -0.1) is 0 Å². The Balaban J connectivity index is 1.22. The Morgan fingerprint density at radius 2 is 1.81 bits per heavy atom. The van der Waals surface area contributed by atoms with E-state index in [4.69, 9.17) is 56.1 Å². The number of rotatable bonds is 9. The number of hydrogen-bond donors (Lipinski definition) is 1. The summed E-state index contributed by atoms with van der Waals surface area (Å²) in [6, 6.07) is 17.1. The van der Waals surface area contributed by atoms with Crippen LogP contribution in [-0.2, 0) is 22.6 Å². The van der Waals surface area contributed by atoms with E-state index in [1.165, 1.54) is 0 Å². The molecule has 53 heavy (non-hydrogen) atoms. The maximum Gasteiger partial charge on any atom is 0.226 e. The Morgan fingerprint density at radius 1 is 1.06 bits per heavy atom. The summed E-state index contributed by atoms with van der Waals surface area (Å²) >= 11 is 26.1. The quantitative estimate of drug-likeness (QED) is 0.161. The van der Waals surface area contributed by atoms with E-state index in [9.17, 15) is 10.1 Å². The van der Waals surface area contributed by atoms with Gasteiger partial charge in [-0.25, -0.2) is 9.37 Å². The van der Waals surface area contributed by atoms with Crippen LogP contribution in [0.5, 0.6) is 0 Å². The van der Waals surface area contributed by atoms with E-state index in [0.717, 1.165) is 48.0 Å². The second-order valence-electron chi connectivity index (χ2n) is 14.9. The number of benzene rings is 3. The van der Waals surface area contributed by atoms with Gasteiger partial charge in [0.25, 0.3) is 0 Å². The van der Waals surface area contributed by atoms with Crippen LogP contribution in [0.2, 0.25) is 20.1 Å². The van der Waals surface area contributed by atoms with Gasteiger partial charge < -0.3 is 19.5 Å². The van der Waals surface area contributed by atoms with Gasteiger partial charge in [0.05, 0.1) is 46.4 Å². The van der Waals surface area contributed by atoms with E-state index in [1.807, 2.05) is 24.0 Å². The highest BCUT2D eigenvalue weighted by molar-refractivity contribution is 6.43. The molecule has 3 saturated heterocycles. The van der Waals surface area contributed by atoms with Gasteiger partial charge in [-0.3, -0.25) is 4.79 Å². The van der Waals surface area contributed by atoms with E-state index in [2.05, 4.69) is 22.0 Å². The van der Waals surface area contributed by atoms with Gasteiger partial charge in [-0.1, -0.05) is 64.6 Å². The largest absolute Gasteiger partial charge is 0.371 e. The first-order valence-electron chi connectivity index (χ1n) is 18.2. The van der Waals surface area contributed by atoms with Gasteiger partial charge in [0.2, 0.25) is 5.91 Å². The fraction of sp³-hybridized carbons (Fsp3) is 0.390. The highest BCUT2D eigenvalue weighted by Gasteiger charge is 2.51. The average molecular weight is 792 g/mol. The lowest BCUT2D eigenvalue weighted by Crippen LogP contribution is -2.41. The molecular formula is C41H36Cl4FN5O2. The maximum atomic E-state index is 17.2. The fourth-order valence-electron chi connectivity index (χ4n) is 8.98. The van der Waals surface area contributed by atoms with Crippen molar-refractivity contribution in [3.63, 3.8) is 0 Å². The fourth-order valence-corrected chi connectivity index (χ4v) is 9.88. The van der Waals surface area contributed by atoms with Gasteiger partial charge in [0.1, 0.15) is 5.52 Å². The molecule has 3 aromatic carbocycles. The molecule has 12 heteroatoms. The first kappa shape index (κ1) is 35.3. The molecule has 1 N–H and O–H groups in total. The highest BCUT2D eigenvalue weighted by Crippen LogP contribution is 2.51. The Hall–Kier alpha value is -3.42. The van der Waals surface area contributed by atoms with Gasteiger partial charge in [0, 0.05) is 86.8 Å². The number of pyridine rings is 1. The van der Waals surface area contributed by atoms with E-state index >= 15 is 4.39 Å². The molecule has 2 aliphatic carbocycles. The van der Waals surface area contributed by atoms with E-state index in [1.54, 1.807) is 30.3 Å². The molecule has 0 spiro atoms. The lowest BCUT2D eigenvalue weighted by atomic mass is 9.79. The number of nitrogens with zero attached hydrogens (tertiary/aromatic N) is 4. The molecule has 3 aliphatic heterocycles. The van der Waals surface area contributed by atoms with Crippen molar-refractivity contribution in [2.24, 2.45) is 11.8 Å². The normalized spacial score (nSPS) is 23.6. The smallest absolute Gasteiger partial charge is 0.226 e. The minimum Gasteiger partial charge on any atom is -0.371 e. The van der Waals surface area contributed by atoms with Crippen molar-refractivity contribution in [2.45, 2.75) is 76.3 Å². The topological polar surface area (TPSA) is 83.2 Å². The van der Waals surface area contributed by atoms with Crippen LogP contribution in [0.25, 0.3) is 32.9 Å². The zero-order valence-electron chi connectivity index (χ0n) is 28.9. The zero-order valence-corrected chi connectivity index (χ0v) is 32.0. The number of aryl methyl sites for hydroxylation is 2. The lowest BCUT2D eigenvalue weighted by Gasteiger charge is -2.39. The predicted octanol–water partition coefficient (Wildman–Crippen LogP) is 10.2. The molecule has 2 bridgehead atoms. The van der Waals surface area contributed by atoms with Crippen molar-refractivity contribution < 1.29 is 13.9 Å². The summed E-state index contributed by atoms with van der Waals surface area (Å²) in [5.74, 6) is 0.0720. The predicted molar refractivity (Wildman–Crippen MR) is 207 cm³/mol. The molecule has 5 aliphatic rings. The Kier molecular flexibility index (Phi) is 9.13. The first-order chi connectivity index (χ1) is 25.6. The van der Waals surface area contributed by atoms with Crippen LogP contribution in [0.4, 0.5) is 4.39 Å². The number of carbonyl (C=O) groups is 1. The second-order valence-corrected chi connectivity index (χ2v) is 16.5. The SMILES string of the molecule is Cc1nc2c(F)c(-c3cccc(Cl)c3Cl)c(CCC#N)cc2c2c1cc(C1CC(OCc3c(Cl)cccc3Cl)CN1C(=O)C1CC1)n2C1C2CNC1C2. The number of aromatic nitrogens is 2. The van der Waals surface area contributed by atoms with Gasteiger partial charge in [0.15, 0.2) is 5.82 Å². The number of ether oxygens (including phenoxy) is 1. The summed E-state index contributed by atoms with van der Waals surface area (Å²) in [5, 5.41) is 16.6. The average Bonchev–Trinajstić information content (AvgIpc) is 3.43. The molecule has 5 fully saturated rings. The van der Waals surface area contributed by atoms with Crippen molar-refractivity contribution in [3.05, 3.63) is 97.0 Å². The Bertz CT molecular complexity index is 2340. The van der Waals surface area contributed by atoms with Crippen molar-refractivity contribution in [1.82, 2.24) is 19.8 Å². The number of amides is 1. The maximum absolute atomic E-state index is 17.2. The summed E-state index contributed by atoms with van der Waals surface area (Å²) < 4.78 is 26.1. The monoisotopic (exact) mass is 789 g/mol. The highest BCUT2D eigenvalue weighted by atomic mass is 35.5. The van der Waals surface area contributed by atoms with Gasteiger partial charge in [-0.05, 0) is 74.4 Å². The van der Waals surface area contributed by atoms with Crippen LogP contribution in [0.1, 0.15) is 66.7 Å². The zero-order chi connectivity index (χ0) is 36.7. The number of carbonyl (C=O) groups excluding carboxylic acids is 1. The van der Waals surface area contributed by atoms with Crippen LogP contribution >= 0.6 is 46.4 Å². The molecule has 272 valence electrons. The molecule has 5 heterocycles. The van der Waals surface area contributed by atoms with Crippen molar-refractivity contribution >= 4 is 74.1 Å². The molecule has 2 saturated carbocycles. The number of nitriles is 1. The van der Waals surface area contributed by atoms with E-state index < -0.39 is 5.82 Å². The molecule has 7 nitrogen and oxygen atoms in total. The molecule has 10 rings (SSSR count). The number of hydrogen-bond acceptors (Lipinski definition) is 5. The third-order valence-corrected chi connectivity index (χ3v) is 13.3. The first-order valence-corrected chi connectivity index (χ1v) is 19.7. The van der Waals surface area contributed by atoms with Crippen LogP contribution in [0.15, 0.2) is 48.5 Å². The molecular weight excluding hydrogens is 755 g/mol. The minimum atomic E-state index is -0.494. The summed E-state index contributed by atoms with van der Waals surface area (Å²) in [5.41, 5.74) is 5.01. The molecule has 2 aromatic heterocycles. The lowest BCUT2D eigenvalue weighted by molar-refractivity contribution is -0.134. The molecule has 5 atom stereocenters. The van der Waals surface area contributed by atoms with Gasteiger partial charge >= 0.3 is 0 Å². The summed E-state index contributed by atoms with van der Waals surface area (Å²) in [7, 11) is 0. The Labute approximate surface area is 326 Å². The third-order valence-electron chi connectivity index (χ3n) is 11.8. The molecule has 0 radical (unpaired) electrons. The molecule has 1 amide bonds. The summed E-state index contributed by atoms with van der Waals surface area (Å²) in [6.07, 6.45) is 3.71. The van der Waals surface area contributed by atoms with Crippen LogP contribution in [0.3, 0.4) is 0 Å². The van der Waals surface area contributed by atoms with Crippen molar-refractivity contribution in [2.75, 3.05) is 13.1 Å². The number of fused-ring (bicyclic) bond motifs is 4. The summed E-state index contributed by atoms with van der Waals surface area (Å²) in [6.45, 7) is 3.50. The van der Waals surface area contributed by atoms with Crippen LogP contribution in [-0.4, -0.2) is 45.6 Å². The number of halogens is 5. The summed E-state index contributed by atoms with van der Waals surface area (Å²) in [4.78, 5) is 21.0. The third kappa shape index (κ3) is 5.91. The number of nitrogens with one attached hydrogen (secondary N) is 1. The van der Waals surface area contributed by atoms with Gasteiger partial charge in [-0.2, -0.15) is 5.26 Å².